The van der Waals surface area contributed by atoms with E-state index in [1.165, 1.54) is 43.0 Å². The Balaban J connectivity index is 1.53. The molecule has 4 atom stereocenters. The van der Waals surface area contributed by atoms with E-state index in [1.807, 2.05) is 0 Å². The van der Waals surface area contributed by atoms with Gasteiger partial charge in [0.05, 0.1) is 6.33 Å². The molecule has 0 spiro atoms. The molecule has 0 bridgehead atoms. The molecule has 2 aliphatic rings. The molecule has 1 unspecified atom stereocenters. The second kappa shape index (κ2) is 10.0. The molecular formula is C23H32N6O4. The van der Waals surface area contributed by atoms with Gasteiger partial charge in [-0.25, -0.2) is 15.0 Å². The molecule has 1 amide bonds. The number of nitrogens with one attached hydrogen (secondary N) is 1. The molecule has 33 heavy (non-hydrogen) atoms. The maximum absolute atomic E-state index is 12.2. The average molecular weight is 457 g/mol. The molecule has 2 fully saturated rings. The van der Waals surface area contributed by atoms with E-state index >= 15 is 0 Å². The van der Waals surface area contributed by atoms with Gasteiger partial charge >= 0.3 is 0 Å². The van der Waals surface area contributed by atoms with E-state index in [0.29, 0.717) is 23.6 Å². The number of aliphatic hydroxyl groups is 2. The van der Waals surface area contributed by atoms with E-state index in [0.717, 1.165) is 12.3 Å². The van der Waals surface area contributed by atoms with Crippen LogP contribution in [-0.2, 0) is 9.53 Å². The number of imidazole rings is 1. The Hall–Kier alpha value is -2.74. The van der Waals surface area contributed by atoms with Crippen molar-refractivity contribution in [3.05, 3.63) is 12.2 Å². The van der Waals surface area contributed by atoms with Gasteiger partial charge in [-0.2, -0.15) is 0 Å². The number of aromatic nitrogens is 4. The van der Waals surface area contributed by atoms with Gasteiger partial charge in [-0.3, -0.25) is 9.36 Å². The Labute approximate surface area is 193 Å². The lowest BCUT2D eigenvalue weighted by Gasteiger charge is -2.26. The van der Waals surface area contributed by atoms with Crippen molar-refractivity contribution in [3.63, 3.8) is 0 Å². The fourth-order valence-corrected chi connectivity index (χ4v) is 4.68. The number of ether oxygens (including phenoxy) is 1. The van der Waals surface area contributed by atoms with Crippen molar-refractivity contribution >= 4 is 22.9 Å². The van der Waals surface area contributed by atoms with Crippen molar-refractivity contribution < 1.29 is 19.7 Å². The summed E-state index contributed by atoms with van der Waals surface area (Å²) < 4.78 is 7.14. The third kappa shape index (κ3) is 4.81. The number of anilines is 1. The largest absolute Gasteiger partial charge is 0.387 e. The van der Waals surface area contributed by atoms with E-state index in [4.69, 9.17) is 10.5 Å². The van der Waals surface area contributed by atoms with Crippen molar-refractivity contribution in [3.8, 4) is 11.8 Å². The number of hydrogen-bond donors (Lipinski definition) is 4. The highest BCUT2D eigenvalue weighted by molar-refractivity contribution is 5.83. The summed E-state index contributed by atoms with van der Waals surface area (Å²) in [5.41, 5.74) is 6.74. The zero-order valence-electron chi connectivity index (χ0n) is 19.1. The number of fused-ring (bicyclic) bond motifs is 1. The number of carbonyl (C=O) groups excluding carboxylic acids is 1. The van der Waals surface area contributed by atoms with Crippen molar-refractivity contribution in [1.82, 2.24) is 24.8 Å². The van der Waals surface area contributed by atoms with Crippen LogP contribution in [0.15, 0.2) is 6.33 Å². The molecule has 2 aromatic heterocycles. The lowest BCUT2D eigenvalue weighted by Crippen LogP contribution is -2.42. The molecule has 1 saturated heterocycles. The van der Waals surface area contributed by atoms with Gasteiger partial charge in [-0.15, -0.1) is 0 Å². The van der Waals surface area contributed by atoms with Crippen LogP contribution in [0.2, 0.25) is 0 Å². The fourth-order valence-electron chi connectivity index (χ4n) is 4.68. The number of aliphatic hydroxyl groups excluding tert-OH is 2. The normalized spacial score (nSPS) is 29.6. The number of nitrogens with two attached hydrogens (primary N) is 1. The quantitative estimate of drug-likeness (QED) is 0.489. The van der Waals surface area contributed by atoms with Crippen molar-refractivity contribution in [2.24, 2.45) is 11.8 Å². The van der Waals surface area contributed by atoms with Gasteiger partial charge in [0.2, 0.25) is 5.82 Å². The molecule has 4 rings (SSSR count). The van der Waals surface area contributed by atoms with Gasteiger partial charge in [0.1, 0.15) is 17.7 Å². The third-order valence-electron chi connectivity index (χ3n) is 6.70. The Morgan fingerprint density at radius 3 is 2.64 bits per heavy atom. The second-order valence-corrected chi connectivity index (χ2v) is 8.88. The Kier molecular flexibility index (Phi) is 7.12. The number of likely N-dealkylation sites (N-methyl/N-ethyl adjacent to an activating group) is 1. The maximum Gasteiger partial charge on any atom is 0.252 e. The van der Waals surface area contributed by atoms with Crippen LogP contribution in [0.3, 0.4) is 0 Å². The molecule has 5 N–H and O–H groups in total. The molecule has 2 aromatic rings. The number of hydrogen-bond acceptors (Lipinski definition) is 8. The number of nitrogen functional groups attached to an aromatic ring is 1. The van der Waals surface area contributed by atoms with E-state index in [2.05, 4.69) is 39.0 Å². The molecule has 3 heterocycles. The Morgan fingerprint density at radius 1 is 1.21 bits per heavy atom. The molecule has 1 saturated carbocycles. The minimum Gasteiger partial charge on any atom is -0.387 e. The molecule has 178 valence electrons. The number of rotatable bonds is 5. The van der Waals surface area contributed by atoms with Crippen molar-refractivity contribution in [2.45, 2.75) is 76.9 Å². The summed E-state index contributed by atoms with van der Waals surface area (Å²) in [5, 5.41) is 23.5. The average Bonchev–Trinajstić information content (AvgIpc) is 3.36. The number of carbonyl (C=O) groups is 1. The highest BCUT2D eigenvalue weighted by Gasteiger charge is 2.47. The first-order valence-electron chi connectivity index (χ1n) is 11.7. The van der Waals surface area contributed by atoms with Gasteiger partial charge in [0.25, 0.3) is 5.91 Å². The van der Waals surface area contributed by atoms with Crippen molar-refractivity contribution in [1.29, 1.82) is 0 Å². The molecule has 0 aromatic carbocycles. The molecule has 10 heteroatoms. The van der Waals surface area contributed by atoms with Crippen LogP contribution in [0, 0.1) is 23.7 Å². The fraction of sp³-hybridized carbons (Fsp3) is 0.652. The minimum atomic E-state index is -1.39. The van der Waals surface area contributed by atoms with E-state index in [1.54, 1.807) is 6.92 Å². The first-order valence-corrected chi connectivity index (χ1v) is 11.7. The third-order valence-corrected chi connectivity index (χ3v) is 6.70. The van der Waals surface area contributed by atoms with Crippen LogP contribution >= 0.6 is 0 Å². The monoisotopic (exact) mass is 456 g/mol. The summed E-state index contributed by atoms with van der Waals surface area (Å²) in [6.07, 6.45) is 3.39. The zero-order chi connectivity index (χ0) is 23.5. The summed E-state index contributed by atoms with van der Waals surface area (Å²) in [6.45, 7) is 4.39. The summed E-state index contributed by atoms with van der Waals surface area (Å²) in [5.74, 6) is 7.58. The van der Waals surface area contributed by atoms with Gasteiger partial charge < -0.3 is 26.0 Å². The molecule has 10 nitrogen and oxygen atoms in total. The van der Waals surface area contributed by atoms with Crippen LogP contribution in [-0.4, -0.2) is 60.5 Å². The Morgan fingerprint density at radius 2 is 1.94 bits per heavy atom. The molecule has 1 aliphatic heterocycles. The van der Waals surface area contributed by atoms with Crippen LogP contribution in [0.4, 0.5) is 5.82 Å². The Bertz CT molecular complexity index is 1050. The summed E-state index contributed by atoms with van der Waals surface area (Å²) in [7, 11) is 0. The SMILES string of the molecule is CCNC(=O)[C@H]1O[C@@H](n2cnc3c(N)nc(C#CCC4CCC(CC)CC4)nc32)[C@@H](O)C1O. The second-order valence-electron chi connectivity index (χ2n) is 8.88. The van der Waals surface area contributed by atoms with Crippen LogP contribution in [0.5, 0.6) is 0 Å². The summed E-state index contributed by atoms with van der Waals surface area (Å²) in [4.78, 5) is 25.1. The highest BCUT2D eigenvalue weighted by Crippen LogP contribution is 2.33. The first kappa shape index (κ1) is 23.4. The standard InChI is InChI=1S/C23H32N6O4/c1-3-13-8-10-14(11-9-13)6-5-7-15-27-20(24)16-21(28-15)29(12-26-16)23-18(31)17(30)19(33-23)22(32)25-4-2/h12-14,17-19,23,30-31H,3-4,6,8-11H2,1-2H3,(H,25,32)(H2,24,27,28)/t13?,14?,17?,18-,19-,23+/m0/s1. The van der Waals surface area contributed by atoms with E-state index in [-0.39, 0.29) is 11.6 Å². The van der Waals surface area contributed by atoms with Gasteiger partial charge in [-0.1, -0.05) is 32.1 Å². The molecule has 0 radical (unpaired) electrons. The van der Waals surface area contributed by atoms with E-state index < -0.39 is 30.4 Å². The van der Waals surface area contributed by atoms with E-state index in [9.17, 15) is 15.0 Å². The van der Waals surface area contributed by atoms with Crippen LogP contribution in [0.25, 0.3) is 11.2 Å². The smallest absolute Gasteiger partial charge is 0.252 e. The van der Waals surface area contributed by atoms with Gasteiger partial charge in [0, 0.05) is 13.0 Å². The topological polar surface area (TPSA) is 148 Å². The minimum absolute atomic E-state index is 0.166. The van der Waals surface area contributed by atoms with Gasteiger partial charge in [0.15, 0.2) is 23.8 Å². The first-order chi connectivity index (χ1) is 15.9. The maximum atomic E-state index is 12.2. The predicted octanol–water partition coefficient (Wildman–Crippen LogP) is 1.12. The lowest BCUT2D eigenvalue weighted by atomic mass is 9.80. The van der Waals surface area contributed by atoms with Crippen LogP contribution in [0.1, 0.15) is 64.4 Å². The van der Waals surface area contributed by atoms with Gasteiger partial charge in [-0.05, 0) is 37.5 Å². The molecule has 1 aliphatic carbocycles. The summed E-state index contributed by atoms with van der Waals surface area (Å²) in [6, 6.07) is 0. The molecular weight excluding hydrogens is 424 g/mol. The van der Waals surface area contributed by atoms with Crippen LogP contribution < -0.4 is 11.1 Å². The predicted molar refractivity (Wildman–Crippen MR) is 122 cm³/mol. The lowest BCUT2D eigenvalue weighted by molar-refractivity contribution is -0.137. The highest BCUT2D eigenvalue weighted by atomic mass is 16.6. The number of nitrogens with zero attached hydrogens (tertiary/aromatic N) is 4. The zero-order valence-corrected chi connectivity index (χ0v) is 19.1. The number of amides is 1. The summed E-state index contributed by atoms with van der Waals surface area (Å²) >= 11 is 0. The van der Waals surface area contributed by atoms with Crippen molar-refractivity contribution in [2.75, 3.05) is 12.3 Å².